The average Bonchev–Trinajstić information content (AvgIpc) is 2.87. The van der Waals surface area contributed by atoms with Crippen molar-refractivity contribution in [1.82, 2.24) is 0 Å². The Kier molecular flexibility index (Phi) is 5.30. The maximum Gasteiger partial charge on any atom is 0.336 e. The molecule has 3 aromatic carbocycles. The highest BCUT2D eigenvalue weighted by Gasteiger charge is 2.25. The lowest BCUT2D eigenvalue weighted by Crippen LogP contribution is -2.32. The van der Waals surface area contributed by atoms with E-state index < -0.39 is 5.63 Å². The van der Waals surface area contributed by atoms with Crippen molar-refractivity contribution in [3.8, 4) is 34.1 Å². The Morgan fingerprint density at radius 2 is 1.61 bits per heavy atom. The lowest BCUT2D eigenvalue weighted by molar-refractivity contribution is 0.286. The van der Waals surface area contributed by atoms with Gasteiger partial charge >= 0.3 is 5.63 Å². The number of fused-ring (bicyclic) bond motifs is 3. The van der Waals surface area contributed by atoms with Crippen molar-refractivity contribution in [1.29, 1.82) is 0 Å². The van der Waals surface area contributed by atoms with E-state index in [9.17, 15) is 4.79 Å². The van der Waals surface area contributed by atoms with Crippen molar-refractivity contribution in [3.63, 3.8) is 0 Å². The summed E-state index contributed by atoms with van der Waals surface area (Å²) in [7, 11) is 4.87. The summed E-state index contributed by atoms with van der Waals surface area (Å²) in [5.41, 5.74) is 3.42. The monoisotopic (exact) mass is 445 g/mol. The van der Waals surface area contributed by atoms with Crippen LogP contribution in [0.3, 0.4) is 0 Å². The molecule has 5 rings (SSSR count). The van der Waals surface area contributed by atoms with Gasteiger partial charge in [0.1, 0.15) is 28.6 Å². The number of ether oxygens (including phenoxy) is 4. The van der Waals surface area contributed by atoms with Gasteiger partial charge in [-0.25, -0.2) is 4.79 Å². The van der Waals surface area contributed by atoms with Gasteiger partial charge in [0.05, 0.1) is 39.1 Å². The van der Waals surface area contributed by atoms with E-state index in [0.29, 0.717) is 36.1 Å². The molecule has 7 nitrogen and oxygen atoms in total. The quantitative estimate of drug-likeness (QED) is 0.407. The van der Waals surface area contributed by atoms with Gasteiger partial charge in [-0.2, -0.15) is 0 Å². The van der Waals surface area contributed by atoms with Gasteiger partial charge in [0, 0.05) is 17.5 Å². The van der Waals surface area contributed by atoms with Crippen LogP contribution in [0, 0.1) is 0 Å². The standard InChI is InChI=1S/C26H23NO6/c1-29-17-6-4-16(5-7-17)20-13-25(28)33-26-19(20)9-11-23-21(26)14-27(15-32-23)22-12-18(30-2)8-10-24(22)31-3/h4-13H,14-15H2,1-3H3. The third-order valence-corrected chi connectivity index (χ3v) is 5.83. The van der Waals surface area contributed by atoms with Gasteiger partial charge in [-0.1, -0.05) is 12.1 Å². The van der Waals surface area contributed by atoms with Crippen LogP contribution in [0.4, 0.5) is 5.69 Å². The SMILES string of the molecule is COc1ccc(-c2cc(=O)oc3c4c(ccc23)OCN(c2cc(OC)ccc2OC)C4)cc1. The predicted molar refractivity (Wildman–Crippen MR) is 126 cm³/mol. The molecule has 2 heterocycles. The van der Waals surface area contributed by atoms with Crippen LogP contribution in [0.1, 0.15) is 5.56 Å². The minimum Gasteiger partial charge on any atom is -0.497 e. The summed E-state index contributed by atoms with van der Waals surface area (Å²) in [6, 6.07) is 18.6. The minimum absolute atomic E-state index is 0.324. The zero-order chi connectivity index (χ0) is 22.9. The van der Waals surface area contributed by atoms with Crippen LogP contribution in [-0.4, -0.2) is 28.1 Å². The van der Waals surface area contributed by atoms with Crippen LogP contribution in [-0.2, 0) is 6.54 Å². The van der Waals surface area contributed by atoms with Gasteiger partial charge in [-0.05, 0) is 47.5 Å². The molecule has 0 aliphatic carbocycles. The smallest absolute Gasteiger partial charge is 0.336 e. The molecule has 1 aliphatic heterocycles. The average molecular weight is 445 g/mol. The van der Waals surface area contributed by atoms with Crippen LogP contribution in [0.25, 0.3) is 22.1 Å². The van der Waals surface area contributed by atoms with Crippen LogP contribution < -0.4 is 29.5 Å². The summed E-state index contributed by atoms with van der Waals surface area (Å²) in [6.45, 7) is 0.801. The maximum atomic E-state index is 12.5. The van der Waals surface area contributed by atoms with Crippen LogP contribution in [0.5, 0.6) is 23.0 Å². The third kappa shape index (κ3) is 3.71. The molecule has 1 aromatic heterocycles. The summed E-state index contributed by atoms with van der Waals surface area (Å²) in [5, 5.41) is 0.835. The molecule has 0 amide bonds. The second-order valence-corrected chi connectivity index (χ2v) is 7.64. The molecule has 0 bridgehead atoms. The molecular weight excluding hydrogens is 422 g/mol. The fourth-order valence-corrected chi connectivity index (χ4v) is 4.14. The number of anilines is 1. The molecule has 0 saturated carbocycles. The topological polar surface area (TPSA) is 70.4 Å². The lowest BCUT2D eigenvalue weighted by Gasteiger charge is -2.32. The maximum absolute atomic E-state index is 12.5. The summed E-state index contributed by atoms with van der Waals surface area (Å²) < 4.78 is 27.9. The van der Waals surface area contributed by atoms with Gasteiger partial charge in [0.25, 0.3) is 0 Å². The van der Waals surface area contributed by atoms with Crippen molar-refractivity contribution >= 4 is 16.7 Å². The Bertz CT molecular complexity index is 1380. The highest BCUT2D eigenvalue weighted by atomic mass is 16.5. The molecule has 7 heteroatoms. The minimum atomic E-state index is -0.419. The Balaban J connectivity index is 1.62. The summed E-state index contributed by atoms with van der Waals surface area (Å²) in [5.74, 6) is 2.85. The van der Waals surface area contributed by atoms with Gasteiger partial charge in [0.15, 0.2) is 6.73 Å². The highest BCUT2D eigenvalue weighted by Crippen LogP contribution is 2.40. The first-order valence-corrected chi connectivity index (χ1v) is 10.4. The van der Waals surface area contributed by atoms with Crippen molar-refractivity contribution in [2.24, 2.45) is 0 Å². The number of hydrogen-bond acceptors (Lipinski definition) is 7. The number of methoxy groups -OCH3 is 3. The zero-order valence-corrected chi connectivity index (χ0v) is 18.6. The van der Waals surface area contributed by atoms with Gasteiger partial charge in [0.2, 0.25) is 0 Å². The third-order valence-electron chi connectivity index (χ3n) is 5.83. The van der Waals surface area contributed by atoms with Crippen LogP contribution in [0.15, 0.2) is 69.9 Å². The molecular formula is C26H23NO6. The van der Waals surface area contributed by atoms with E-state index in [4.69, 9.17) is 23.4 Å². The van der Waals surface area contributed by atoms with Gasteiger partial charge in [-0.15, -0.1) is 0 Å². The summed E-state index contributed by atoms with van der Waals surface area (Å²) in [6.07, 6.45) is 0. The molecule has 0 N–H and O–H groups in total. The zero-order valence-electron chi connectivity index (χ0n) is 18.6. The van der Waals surface area contributed by atoms with Crippen LogP contribution in [0.2, 0.25) is 0 Å². The van der Waals surface area contributed by atoms with Gasteiger partial charge < -0.3 is 28.3 Å². The molecule has 0 radical (unpaired) electrons. The van der Waals surface area contributed by atoms with Crippen molar-refractivity contribution in [3.05, 3.63) is 76.6 Å². The molecule has 1 aliphatic rings. The largest absolute Gasteiger partial charge is 0.497 e. The van der Waals surface area contributed by atoms with E-state index in [1.54, 1.807) is 21.3 Å². The number of benzene rings is 3. The highest BCUT2D eigenvalue weighted by molar-refractivity contribution is 5.96. The molecule has 0 atom stereocenters. The Morgan fingerprint density at radius 1 is 0.848 bits per heavy atom. The fourth-order valence-electron chi connectivity index (χ4n) is 4.14. The van der Waals surface area contributed by atoms with E-state index in [-0.39, 0.29) is 0 Å². The number of nitrogens with zero attached hydrogens (tertiary/aromatic N) is 1. The number of hydrogen-bond donors (Lipinski definition) is 0. The second kappa shape index (κ2) is 8.43. The molecule has 0 spiro atoms. The van der Waals surface area contributed by atoms with Crippen LogP contribution >= 0.6 is 0 Å². The molecule has 0 fully saturated rings. The first-order chi connectivity index (χ1) is 16.1. The molecule has 0 unspecified atom stereocenters. The summed E-state index contributed by atoms with van der Waals surface area (Å²) >= 11 is 0. The lowest BCUT2D eigenvalue weighted by atomic mass is 9.99. The van der Waals surface area contributed by atoms with E-state index in [0.717, 1.165) is 33.5 Å². The first kappa shape index (κ1) is 20.8. The second-order valence-electron chi connectivity index (χ2n) is 7.64. The van der Waals surface area contributed by atoms with E-state index >= 15 is 0 Å². The molecule has 33 heavy (non-hydrogen) atoms. The van der Waals surface area contributed by atoms with Crippen molar-refractivity contribution < 1.29 is 23.4 Å². The van der Waals surface area contributed by atoms with Gasteiger partial charge in [-0.3, -0.25) is 0 Å². The fraction of sp³-hybridized carbons (Fsp3) is 0.192. The molecule has 168 valence electrons. The van der Waals surface area contributed by atoms with Crippen molar-refractivity contribution in [2.75, 3.05) is 33.0 Å². The Morgan fingerprint density at radius 3 is 2.33 bits per heavy atom. The van der Waals surface area contributed by atoms with E-state index in [1.165, 1.54) is 6.07 Å². The van der Waals surface area contributed by atoms with E-state index in [1.807, 2.05) is 59.5 Å². The first-order valence-electron chi connectivity index (χ1n) is 10.4. The number of rotatable bonds is 5. The van der Waals surface area contributed by atoms with E-state index in [2.05, 4.69) is 0 Å². The predicted octanol–water partition coefficient (Wildman–Crippen LogP) is 4.84. The summed E-state index contributed by atoms with van der Waals surface area (Å²) in [4.78, 5) is 14.6. The Hall–Kier alpha value is -4.13. The Labute approximate surface area is 190 Å². The molecule has 4 aromatic rings. The van der Waals surface area contributed by atoms with Crippen molar-refractivity contribution in [2.45, 2.75) is 6.54 Å². The normalized spacial score (nSPS) is 12.8. The molecule has 0 saturated heterocycles.